The highest BCUT2D eigenvalue weighted by Crippen LogP contribution is 2.43. The normalized spacial score (nSPS) is 18.9. The number of esters is 1. The van der Waals surface area contributed by atoms with Crippen molar-refractivity contribution in [1.82, 2.24) is 10.2 Å². The molecule has 1 saturated heterocycles. The first-order valence-electron chi connectivity index (χ1n) is 10.5. The van der Waals surface area contributed by atoms with Gasteiger partial charge in [0.15, 0.2) is 6.61 Å². The Morgan fingerprint density at radius 3 is 2.57 bits per heavy atom. The minimum Gasteiger partial charge on any atom is -0.484 e. The van der Waals surface area contributed by atoms with Crippen LogP contribution in [0.3, 0.4) is 0 Å². The minimum atomic E-state index is -0.771. The van der Waals surface area contributed by atoms with E-state index in [1.165, 1.54) is 52.7 Å². The van der Waals surface area contributed by atoms with E-state index in [1.54, 1.807) is 24.3 Å². The van der Waals surface area contributed by atoms with E-state index in [2.05, 4.69) is 5.32 Å². The zero-order chi connectivity index (χ0) is 24.9. The van der Waals surface area contributed by atoms with Gasteiger partial charge in [0.25, 0.3) is 17.5 Å². The molecule has 2 aliphatic heterocycles. The molecule has 2 aromatic rings. The molecule has 0 radical (unpaired) electrons. The molecule has 0 aromatic heterocycles. The van der Waals surface area contributed by atoms with Crippen molar-refractivity contribution in [2.45, 2.75) is 18.0 Å². The van der Waals surface area contributed by atoms with E-state index < -0.39 is 34.1 Å². The topological polar surface area (TPSA) is 128 Å². The lowest BCUT2D eigenvalue weighted by molar-refractivity contribution is -0.384. The maximum atomic E-state index is 12.9. The van der Waals surface area contributed by atoms with Gasteiger partial charge in [0.2, 0.25) is 0 Å². The summed E-state index contributed by atoms with van der Waals surface area (Å²) in [4.78, 5) is 50.5. The zero-order valence-electron chi connectivity index (χ0n) is 18.5. The summed E-state index contributed by atoms with van der Waals surface area (Å²) in [5.74, 6) is -0.464. The van der Waals surface area contributed by atoms with Crippen LogP contribution in [0.5, 0.6) is 5.75 Å². The quantitative estimate of drug-likeness (QED) is 0.232. The van der Waals surface area contributed by atoms with Gasteiger partial charge in [-0.25, -0.2) is 4.79 Å². The van der Waals surface area contributed by atoms with Crippen molar-refractivity contribution in [3.05, 3.63) is 80.9 Å². The van der Waals surface area contributed by atoms with Crippen LogP contribution in [0.4, 0.5) is 5.69 Å². The lowest BCUT2D eigenvalue weighted by Gasteiger charge is -2.49. The first-order chi connectivity index (χ1) is 16.9. The maximum Gasteiger partial charge on any atom is 0.356 e. The number of nitro groups is 1. The molecule has 35 heavy (non-hydrogen) atoms. The molecule has 0 saturated carbocycles. The van der Waals surface area contributed by atoms with Crippen LogP contribution in [0, 0.1) is 10.1 Å². The number of nitrogens with zero attached hydrogens (tertiary/aromatic N) is 2. The zero-order valence-corrected chi connectivity index (χ0v) is 20.2. The maximum absolute atomic E-state index is 12.9. The number of thioether (sulfide) groups is 2. The summed E-state index contributed by atoms with van der Waals surface area (Å²) >= 11 is 2.81. The van der Waals surface area contributed by atoms with Gasteiger partial charge >= 0.3 is 5.97 Å². The van der Waals surface area contributed by atoms with Crippen LogP contribution in [-0.2, 0) is 25.7 Å². The average molecular weight is 516 g/mol. The molecule has 2 heterocycles. The molecule has 182 valence electrons. The van der Waals surface area contributed by atoms with Gasteiger partial charge in [0.05, 0.1) is 4.92 Å². The number of nitro benzene ring substituents is 1. The van der Waals surface area contributed by atoms with Crippen molar-refractivity contribution in [2.75, 3.05) is 18.6 Å². The number of β-lactam (4-membered cyclic amide) rings is 1. The van der Waals surface area contributed by atoms with Crippen LogP contribution < -0.4 is 10.1 Å². The summed E-state index contributed by atoms with van der Waals surface area (Å²) in [5.41, 5.74) is 0.683. The summed E-state index contributed by atoms with van der Waals surface area (Å²) < 4.78 is 10.8. The predicted molar refractivity (Wildman–Crippen MR) is 130 cm³/mol. The standard InChI is InChI=1S/C23H21N3O7S2/c1-34-17-13-35-22-19(24-18(27)12-32-16-5-3-2-4-6-16)21(28)25(22)20(17)23(29)33-11-14-7-9-15(10-8-14)26(30)31/h2-10,19,22H,11-13H2,1H3,(H,24,27)/t19-,22+/m1/s1. The fourth-order valence-corrected chi connectivity index (χ4v) is 5.79. The molecule has 12 heteroatoms. The predicted octanol–water partition coefficient (Wildman–Crippen LogP) is 2.69. The van der Waals surface area contributed by atoms with E-state index in [0.29, 0.717) is 22.0 Å². The third-order valence-electron chi connectivity index (χ3n) is 5.32. The molecular formula is C23H21N3O7S2. The number of amides is 2. The number of carbonyl (C=O) groups excluding carboxylic acids is 3. The fraction of sp³-hybridized carbons (Fsp3) is 0.261. The van der Waals surface area contributed by atoms with Crippen LogP contribution in [-0.4, -0.2) is 57.6 Å². The summed E-state index contributed by atoms with van der Waals surface area (Å²) in [6.07, 6.45) is 1.81. The number of non-ortho nitro benzene ring substituents is 1. The number of nitrogens with one attached hydrogen (secondary N) is 1. The number of carbonyl (C=O) groups is 3. The molecule has 0 unspecified atom stereocenters. The minimum absolute atomic E-state index is 0.0620. The van der Waals surface area contributed by atoms with Crippen molar-refractivity contribution in [2.24, 2.45) is 0 Å². The van der Waals surface area contributed by atoms with Crippen LogP contribution in [0.1, 0.15) is 5.56 Å². The second kappa shape index (κ2) is 10.8. The van der Waals surface area contributed by atoms with Gasteiger partial charge in [0.1, 0.15) is 29.5 Å². The molecule has 10 nitrogen and oxygen atoms in total. The van der Waals surface area contributed by atoms with Gasteiger partial charge in [-0.05, 0) is 36.1 Å². The highest BCUT2D eigenvalue weighted by atomic mass is 32.2. The SMILES string of the molecule is CSC1=C(C(=O)OCc2ccc([N+](=O)[O-])cc2)N2C(=O)[C@@H](NC(=O)COc3ccccc3)[C@@H]2SC1. The Morgan fingerprint density at radius 1 is 1.20 bits per heavy atom. The molecule has 0 spiro atoms. The van der Waals surface area contributed by atoms with E-state index in [-0.39, 0.29) is 24.6 Å². The number of ether oxygens (including phenoxy) is 2. The monoisotopic (exact) mass is 515 g/mol. The van der Waals surface area contributed by atoms with Gasteiger partial charge in [-0.1, -0.05) is 18.2 Å². The number of rotatable bonds is 9. The lowest BCUT2D eigenvalue weighted by atomic mass is 10.1. The summed E-state index contributed by atoms with van der Waals surface area (Å²) in [6.45, 7) is -0.333. The van der Waals surface area contributed by atoms with Gasteiger partial charge in [-0.3, -0.25) is 24.6 Å². The molecule has 0 aliphatic carbocycles. The molecule has 2 amide bonds. The van der Waals surface area contributed by atoms with Crippen molar-refractivity contribution in [3.8, 4) is 5.75 Å². The molecule has 0 bridgehead atoms. The smallest absolute Gasteiger partial charge is 0.356 e. The van der Waals surface area contributed by atoms with Crippen LogP contribution >= 0.6 is 23.5 Å². The third kappa shape index (κ3) is 5.43. The fourth-order valence-electron chi connectivity index (χ4n) is 3.55. The van der Waals surface area contributed by atoms with Crippen molar-refractivity contribution in [1.29, 1.82) is 0 Å². The van der Waals surface area contributed by atoms with Crippen LogP contribution in [0.2, 0.25) is 0 Å². The molecule has 4 rings (SSSR count). The Kier molecular flexibility index (Phi) is 7.61. The summed E-state index contributed by atoms with van der Waals surface area (Å²) in [5, 5.41) is 13.1. The highest BCUT2D eigenvalue weighted by molar-refractivity contribution is 8.05. The second-order valence-corrected chi connectivity index (χ2v) is 9.54. The van der Waals surface area contributed by atoms with Gasteiger partial charge in [-0.15, -0.1) is 23.5 Å². The molecule has 1 N–H and O–H groups in total. The average Bonchev–Trinajstić information content (AvgIpc) is 2.88. The second-order valence-electron chi connectivity index (χ2n) is 7.53. The Balaban J connectivity index is 1.37. The van der Waals surface area contributed by atoms with Crippen molar-refractivity contribution in [3.63, 3.8) is 0 Å². The molecule has 2 aromatic carbocycles. The van der Waals surface area contributed by atoms with Gasteiger partial charge in [-0.2, -0.15) is 0 Å². The van der Waals surface area contributed by atoms with Crippen LogP contribution in [0.15, 0.2) is 65.2 Å². The highest BCUT2D eigenvalue weighted by Gasteiger charge is 2.54. The van der Waals surface area contributed by atoms with E-state index >= 15 is 0 Å². The first kappa shape index (κ1) is 24.6. The molecule has 2 aliphatic rings. The van der Waals surface area contributed by atoms with E-state index in [9.17, 15) is 24.5 Å². The number of hydrogen-bond donors (Lipinski definition) is 1. The Labute approximate surface area is 209 Å². The van der Waals surface area contributed by atoms with E-state index in [4.69, 9.17) is 9.47 Å². The Hall–Kier alpha value is -3.51. The van der Waals surface area contributed by atoms with Crippen LogP contribution in [0.25, 0.3) is 0 Å². The number of benzene rings is 2. The van der Waals surface area contributed by atoms with Crippen molar-refractivity contribution < 1.29 is 28.8 Å². The van der Waals surface area contributed by atoms with Gasteiger partial charge < -0.3 is 14.8 Å². The van der Waals surface area contributed by atoms with E-state index in [0.717, 1.165) is 0 Å². The van der Waals surface area contributed by atoms with Crippen molar-refractivity contribution >= 4 is 47.0 Å². The van der Waals surface area contributed by atoms with E-state index in [1.807, 2.05) is 12.3 Å². The number of para-hydroxylation sites is 1. The summed E-state index contributed by atoms with van der Waals surface area (Å²) in [7, 11) is 0. The lowest BCUT2D eigenvalue weighted by Crippen LogP contribution is -2.70. The Morgan fingerprint density at radius 2 is 1.91 bits per heavy atom. The largest absolute Gasteiger partial charge is 0.484 e. The number of hydrogen-bond acceptors (Lipinski definition) is 9. The first-order valence-corrected chi connectivity index (χ1v) is 12.8. The number of fused-ring (bicyclic) bond motifs is 1. The summed E-state index contributed by atoms with van der Waals surface area (Å²) in [6, 6.07) is 13.8. The van der Waals surface area contributed by atoms with Gasteiger partial charge in [0, 0.05) is 22.8 Å². The Bertz CT molecular complexity index is 1170. The molecule has 2 atom stereocenters. The third-order valence-corrected chi connectivity index (χ3v) is 7.61. The molecule has 1 fully saturated rings. The molecular weight excluding hydrogens is 494 g/mol.